The van der Waals surface area contributed by atoms with E-state index in [0.29, 0.717) is 12.4 Å². The molecule has 86 valence electrons. The highest BCUT2D eigenvalue weighted by Crippen LogP contribution is 2.37. The minimum atomic E-state index is -0.364. The summed E-state index contributed by atoms with van der Waals surface area (Å²) in [6.45, 7) is 0.422. The second-order valence-corrected chi connectivity index (χ2v) is 4.36. The van der Waals surface area contributed by atoms with Gasteiger partial charge in [0, 0.05) is 12.7 Å². The topological polar surface area (TPSA) is 68.0 Å². The van der Waals surface area contributed by atoms with Crippen LogP contribution in [0.25, 0.3) is 0 Å². The SMILES string of the molecule is NCC1(C(=O)Nc2ccccn2)CCCC1. The van der Waals surface area contributed by atoms with Crippen molar-refractivity contribution in [2.45, 2.75) is 25.7 Å². The number of nitrogens with one attached hydrogen (secondary N) is 1. The Morgan fingerprint density at radius 2 is 2.19 bits per heavy atom. The number of anilines is 1. The standard InChI is InChI=1S/C12H17N3O/c13-9-12(6-2-3-7-12)11(16)15-10-5-1-4-8-14-10/h1,4-5,8H,2-3,6-7,9,13H2,(H,14,15,16). The molecule has 0 spiro atoms. The van der Waals surface area contributed by atoms with Crippen molar-refractivity contribution >= 4 is 11.7 Å². The van der Waals surface area contributed by atoms with Gasteiger partial charge >= 0.3 is 0 Å². The summed E-state index contributed by atoms with van der Waals surface area (Å²) in [6.07, 6.45) is 5.63. The highest BCUT2D eigenvalue weighted by Gasteiger charge is 2.39. The molecule has 0 unspecified atom stereocenters. The van der Waals surface area contributed by atoms with Crippen LogP contribution in [-0.2, 0) is 4.79 Å². The van der Waals surface area contributed by atoms with Gasteiger partial charge in [0.1, 0.15) is 5.82 Å². The number of hydrogen-bond donors (Lipinski definition) is 2. The van der Waals surface area contributed by atoms with Crippen molar-refractivity contribution in [1.29, 1.82) is 0 Å². The van der Waals surface area contributed by atoms with Gasteiger partial charge in [0.2, 0.25) is 5.91 Å². The molecule has 1 aliphatic carbocycles. The smallest absolute Gasteiger partial charge is 0.233 e. The number of nitrogens with two attached hydrogens (primary N) is 1. The summed E-state index contributed by atoms with van der Waals surface area (Å²) in [5.41, 5.74) is 5.38. The summed E-state index contributed by atoms with van der Waals surface area (Å²) in [4.78, 5) is 16.2. The zero-order valence-electron chi connectivity index (χ0n) is 9.28. The zero-order valence-corrected chi connectivity index (χ0v) is 9.28. The lowest BCUT2D eigenvalue weighted by molar-refractivity contribution is -0.124. The maximum atomic E-state index is 12.1. The predicted molar refractivity (Wildman–Crippen MR) is 62.8 cm³/mol. The lowest BCUT2D eigenvalue weighted by Gasteiger charge is -2.25. The van der Waals surface area contributed by atoms with Crippen LogP contribution in [0.5, 0.6) is 0 Å². The summed E-state index contributed by atoms with van der Waals surface area (Å²) in [5.74, 6) is 0.624. The third-order valence-corrected chi connectivity index (χ3v) is 3.34. The molecule has 1 aromatic rings. The minimum absolute atomic E-state index is 0.0196. The number of nitrogens with zero attached hydrogens (tertiary/aromatic N) is 1. The fraction of sp³-hybridized carbons (Fsp3) is 0.500. The Hall–Kier alpha value is -1.42. The molecule has 0 radical (unpaired) electrons. The third kappa shape index (κ3) is 2.07. The molecule has 1 heterocycles. The van der Waals surface area contributed by atoms with E-state index < -0.39 is 0 Å². The van der Waals surface area contributed by atoms with Gasteiger partial charge < -0.3 is 11.1 Å². The van der Waals surface area contributed by atoms with Crippen LogP contribution in [0, 0.1) is 5.41 Å². The Bertz CT molecular complexity index is 358. The molecule has 4 nitrogen and oxygen atoms in total. The van der Waals surface area contributed by atoms with Crippen molar-refractivity contribution in [2.24, 2.45) is 11.1 Å². The van der Waals surface area contributed by atoms with E-state index in [0.717, 1.165) is 25.7 Å². The van der Waals surface area contributed by atoms with Crippen LogP contribution < -0.4 is 11.1 Å². The van der Waals surface area contributed by atoms with Crippen LogP contribution in [0.4, 0.5) is 5.82 Å². The summed E-state index contributed by atoms with van der Waals surface area (Å²) in [7, 11) is 0. The maximum absolute atomic E-state index is 12.1. The Kier molecular flexibility index (Phi) is 3.19. The van der Waals surface area contributed by atoms with Crippen molar-refractivity contribution in [3.63, 3.8) is 0 Å². The lowest BCUT2D eigenvalue weighted by atomic mass is 9.85. The molecule has 2 rings (SSSR count). The third-order valence-electron chi connectivity index (χ3n) is 3.34. The van der Waals surface area contributed by atoms with Crippen molar-refractivity contribution < 1.29 is 4.79 Å². The Morgan fingerprint density at radius 3 is 2.75 bits per heavy atom. The maximum Gasteiger partial charge on any atom is 0.233 e. The van der Waals surface area contributed by atoms with Gasteiger partial charge in [-0.15, -0.1) is 0 Å². The largest absolute Gasteiger partial charge is 0.329 e. The lowest BCUT2D eigenvalue weighted by Crippen LogP contribution is -2.40. The first kappa shape index (κ1) is 11.1. The monoisotopic (exact) mass is 219 g/mol. The summed E-state index contributed by atoms with van der Waals surface area (Å²) >= 11 is 0. The molecule has 0 saturated heterocycles. The highest BCUT2D eigenvalue weighted by atomic mass is 16.2. The molecule has 1 saturated carbocycles. The molecule has 1 aromatic heterocycles. The number of carbonyl (C=O) groups excluding carboxylic acids is 1. The number of aromatic nitrogens is 1. The summed E-state index contributed by atoms with van der Waals surface area (Å²) in [6, 6.07) is 5.47. The van der Waals surface area contributed by atoms with Gasteiger partial charge in [0.25, 0.3) is 0 Å². The first-order valence-electron chi connectivity index (χ1n) is 5.69. The first-order chi connectivity index (χ1) is 7.77. The molecule has 3 N–H and O–H groups in total. The van der Waals surface area contributed by atoms with Gasteiger partial charge in [0.15, 0.2) is 0 Å². The van der Waals surface area contributed by atoms with Crippen molar-refractivity contribution in [2.75, 3.05) is 11.9 Å². The van der Waals surface area contributed by atoms with Crippen molar-refractivity contribution in [3.8, 4) is 0 Å². The molecule has 4 heteroatoms. The normalized spacial score (nSPS) is 18.3. The van der Waals surface area contributed by atoms with Gasteiger partial charge in [-0.05, 0) is 25.0 Å². The second-order valence-electron chi connectivity index (χ2n) is 4.36. The average Bonchev–Trinajstić information content (AvgIpc) is 2.80. The molecular formula is C12H17N3O. The molecule has 1 fully saturated rings. The minimum Gasteiger partial charge on any atom is -0.329 e. The van der Waals surface area contributed by atoms with E-state index in [9.17, 15) is 4.79 Å². The van der Waals surface area contributed by atoms with Gasteiger partial charge in [-0.1, -0.05) is 18.9 Å². The van der Waals surface area contributed by atoms with E-state index in [1.165, 1.54) is 0 Å². The average molecular weight is 219 g/mol. The summed E-state index contributed by atoms with van der Waals surface area (Å²) < 4.78 is 0. The van der Waals surface area contributed by atoms with Crippen molar-refractivity contribution in [3.05, 3.63) is 24.4 Å². The van der Waals surface area contributed by atoms with Crippen LogP contribution in [0.15, 0.2) is 24.4 Å². The number of carbonyl (C=O) groups is 1. The number of rotatable bonds is 3. The van der Waals surface area contributed by atoms with E-state index in [2.05, 4.69) is 10.3 Å². The fourth-order valence-corrected chi connectivity index (χ4v) is 2.26. The van der Waals surface area contributed by atoms with Crippen LogP contribution >= 0.6 is 0 Å². The number of amides is 1. The van der Waals surface area contributed by atoms with Gasteiger partial charge in [-0.2, -0.15) is 0 Å². The second kappa shape index (κ2) is 4.61. The van der Waals surface area contributed by atoms with Crippen LogP contribution in [0.1, 0.15) is 25.7 Å². The van der Waals surface area contributed by atoms with E-state index >= 15 is 0 Å². The quantitative estimate of drug-likeness (QED) is 0.810. The first-order valence-corrected chi connectivity index (χ1v) is 5.69. The zero-order chi connectivity index (χ0) is 11.4. The van der Waals surface area contributed by atoms with Crippen LogP contribution in [0.2, 0.25) is 0 Å². The Balaban J connectivity index is 2.07. The molecule has 0 atom stereocenters. The molecule has 0 aromatic carbocycles. The molecule has 16 heavy (non-hydrogen) atoms. The molecule has 1 amide bonds. The van der Waals surface area contributed by atoms with Gasteiger partial charge in [0.05, 0.1) is 5.41 Å². The number of pyridine rings is 1. The summed E-state index contributed by atoms with van der Waals surface area (Å²) in [5, 5.41) is 2.85. The van der Waals surface area contributed by atoms with E-state index in [-0.39, 0.29) is 11.3 Å². The molecule has 0 aliphatic heterocycles. The van der Waals surface area contributed by atoms with Gasteiger partial charge in [-0.25, -0.2) is 4.98 Å². The molecule has 1 aliphatic rings. The Labute approximate surface area is 95.3 Å². The van der Waals surface area contributed by atoms with Crippen molar-refractivity contribution in [1.82, 2.24) is 4.98 Å². The fourth-order valence-electron chi connectivity index (χ4n) is 2.26. The van der Waals surface area contributed by atoms with E-state index in [4.69, 9.17) is 5.73 Å². The van der Waals surface area contributed by atoms with Gasteiger partial charge in [-0.3, -0.25) is 4.79 Å². The van der Waals surface area contributed by atoms with E-state index in [1.54, 1.807) is 12.3 Å². The highest BCUT2D eigenvalue weighted by molar-refractivity contribution is 5.94. The van der Waals surface area contributed by atoms with E-state index in [1.807, 2.05) is 12.1 Å². The molecule has 0 bridgehead atoms. The number of hydrogen-bond acceptors (Lipinski definition) is 3. The van der Waals surface area contributed by atoms with Crippen LogP contribution in [0.3, 0.4) is 0 Å². The van der Waals surface area contributed by atoms with Crippen LogP contribution in [-0.4, -0.2) is 17.4 Å². The predicted octanol–water partition coefficient (Wildman–Crippen LogP) is 1.54. The molecular weight excluding hydrogens is 202 g/mol. The Morgan fingerprint density at radius 1 is 1.44 bits per heavy atom.